The summed E-state index contributed by atoms with van der Waals surface area (Å²) >= 11 is 0. The molecule has 0 fully saturated rings. The molecule has 112 valence electrons. The number of carboxylic acid groups (broad SMARTS) is 1. The summed E-state index contributed by atoms with van der Waals surface area (Å²) in [4.78, 5) is 35.1. The van der Waals surface area contributed by atoms with E-state index in [-0.39, 0.29) is 33.2 Å². The zero-order chi connectivity index (χ0) is 16.3. The molecule has 0 atom stereocenters. The molecule has 0 aliphatic rings. The highest BCUT2D eigenvalue weighted by Gasteiger charge is 2.23. The van der Waals surface area contributed by atoms with E-state index in [0.717, 1.165) is 0 Å². The summed E-state index contributed by atoms with van der Waals surface area (Å²) < 4.78 is 0. The van der Waals surface area contributed by atoms with Crippen LogP contribution in [0.2, 0.25) is 0 Å². The van der Waals surface area contributed by atoms with Gasteiger partial charge in [0.2, 0.25) is 0 Å². The Kier molecular flexibility index (Phi) is 4.33. The maximum Gasteiger partial charge on any atom is 0.337 e. The van der Waals surface area contributed by atoms with Crippen molar-refractivity contribution < 1.29 is 24.7 Å². The molecular weight excluding hydrogens is 286 g/mol. The smallest absolute Gasteiger partial charge is 0.337 e. The largest absolute Gasteiger partial charge is 0.478 e. The van der Waals surface area contributed by atoms with Crippen LogP contribution in [0, 0.1) is 0 Å². The van der Waals surface area contributed by atoms with E-state index in [1.807, 2.05) is 0 Å². The summed E-state index contributed by atoms with van der Waals surface area (Å²) in [7, 11) is 0. The van der Waals surface area contributed by atoms with Crippen LogP contribution in [0.25, 0.3) is 0 Å². The van der Waals surface area contributed by atoms with Crippen molar-refractivity contribution in [3.05, 3.63) is 65.2 Å². The van der Waals surface area contributed by atoms with Gasteiger partial charge < -0.3 is 5.11 Å². The fourth-order valence-corrected chi connectivity index (χ4v) is 2.04. The van der Waals surface area contributed by atoms with Gasteiger partial charge >= 0.3 is 5.97 Å². The molecule has 0 heterocycles. The van der Waals surface area contributed by atoms with Gasteiger partial charge in [-0.1, -0.05) is 30.3 Å². The van der Waals surface area contributed by atoms with Crippen LogP contribution in [0.1, 0.15) is 38.0 Å². The summed E-state index contributed by atoms with van der Waals surface area (Å²) in [5.41, 5.74) is -0.242. The Morgan fingerprint density at radius 1 is 0.864 bits per heavy atom. The van der Waals surface area contributed by atoms with Gasteiger partial charge in [-0.2, -0.15) is 5.06 Å². The topological polar surface area (TPSA) is 94.9 Å². The third kappa shape index (κ3) is 2.87. The van der Waals surface area contributed by atoms with Crippen molar-refractivity contribution >= 4 is 23.3 Å². The summed E-state index contributed by atoms with van der Waals surface area (Å²) in [5.74, 6) is -2.48. The van der Waals surface area contributed by atoms with E-state index >= 15 is 0 Å². The van der Waals surface area contributed by atoms with E-state index in [0.29, 0.717) is 0 Å². The number of para-hydroxylation sites is 1. The van der Waals surface area contributed by atoms with Gasteiger partial charge in [0, 0.05) is 5.56 Å². The number of rotatable bonds is 4. The second kappa shape index (κ2) is 6.19. The Morgan fingerprint density at radius 3 is 1.91 bits per heavy atom. The second-order valence-corrected chi connectivity index (χ2v) is 4.54. The highest BCUT2D eigenvalue weighted by Crippen LogP contribution is 2.22. The zero-order valence-electron chi connectivity index (χ0n) is 11.7. The van der Waals surface area contributed by atoms with Crippen LogP contribution in [-0.4, -0.2) is 28.0 Å². The molecule has 0 saturated heterocycles. The Labute approximate surface area is 126 Å². The number of carboxylic acids is 1. The van der Waals surface area contributed by atoms with Gasteiger partial charge in [0.1, 0.15) is 0 Å². The Morgan fingerprint density at radius 2 is 1.36 bits per heavy atom. The average Bonchev–Trinajstić information content (AvgIpc) is 2.53. The lowest BCUT2D eigenvalue weighted by molar-refractivity contribution is 0.0694. The quantitative estimate of drug-likeness (QED) is 0.514. The predicted molar refractivity (Wildman–Crippen MR) is 78.4 cm³/mol. The first-order valence-electron chi connectivity index (χ1n) is 6.39. The lowest BCUT2D eigenvalue weighted by Gasteiger charge is -2.18. The third-order valence-electron chi connectivity index (χ3n) is 3.09. The fraction of sp³-hybridized carbons (Fsp3) is 0.0625. The molecule has 2 N–H and O–H groups in total. The standard InChI is InChI=1S/C16H13NO5/c1-10(18)11-6-2-3-7-12(11)15(19)17(22)14-9-5-4-8-13(14)16(20)21/h2-9,22H,1H3,(H,20,21). The molecule has 0 spiro atoms. The van der Waals surface area contributed by atoms with Gasteiger partial charge in [0.05, 0.1) is 16.8 Å². The molecule has 0 radical (unpaired) electrons. The van der Waals surface area contributed by atoms with Crippen LogP contribution < -0.4 is 5.06 Å². The Hall–Kier alpha value is -2.99. The van der Waals surface area contributed by atoms with Crippen LogP contribution in [-0.2, 0) is 0 Å². The lowest BCUT2D eigenvalue weighted by atomic mass is 10.0. The van der Waals surface area contributed by atoms with Gasteiger partial charge in [-0.05, 0) is 25.1 Å². The zero-order valence-corrected chi connectivity index (χ0v) is 11.7. The van der Waals surface area contributed by atoms with Gasteiger partial charge in [0.25, 0.3) is 5.91 Å². The number of hydrogen-bond acceptors (Lipinski definition) is 4. The number of carbonyl (C=O) groups excluding carboxylic acids is 2. The molecule has 0 aliphatic carbocycles. The molecular formula is C16H13NO5. The SMILES string of the molecule is CC(=O)c1ccccc1C(=O)N(O)c1ccccc1C(=O)O. The van der Waals surface area contributed by atoms with Crippen LogP contribution in [0.5, 0.6) is 0 Å². The summed E-state index contributed by atoms with van der Waals surface area (Å²) in [6.45, 7) is 1.30. The summed E-state index contributed by atoms with van der Waals surface area (Å²) in [6, 6.07) is 11.6. The van der Waals surface area contributed by atoms with Gasteiger partial charge in [-0.25, -0.2) is 4.79 Å². The number of Topliss-reactive ketones (excluding diaryl/α,β-unsaturated/α-hetero) is 1. The minimum Gasteiger partial charge on any atom is -0.478 e. The summed E-state index contributed by atoms with van der Waals surface area (Å²) in [6.07, 6.45) is 0. The minimum atomic E-state index is -1.28. The third-order valence-corrected chi connectivity index (χ3v) is 3.09. The number of nitrogens with zero attached hydrogens (tertiary/aromatic N) is 1. The number of hydrogen-bond donors (Lipinski definition) is 2. The van der Waals surface area contributed by atoms with Crippen molar-refractivity contribution in [1.29, 1.82) is 0 Å². The van der Waals surface area contributed by atoms with E-state index < -0.39 is 11.9 Å². The first kappa shape index (κ1) is 15.4. The first-order chi connectivity index (χ1) is 10.4. The number of carbonyl (C=O) groups is 3. The van der Waals surface area contributed by atoms with Crippen molar-refractivity contribution in [3.8, 4) is 0 Å². The summed E-state index contributed by atoms with van der Waals surface area (Å²) in [5, 5.41) is 19.4. The first-order valence-corrected chi connectivity index (χ1v) is 6.39. The van der Waals surface area contributed by atoms with Gasteiger partial charge in [-0.15, -0.1) is 0 Å². The monoisotopic (exact) mass is 299 g/mol. The second-order valence-electron chi connectivity index (χ2n) is 4.54. The van der Waals surface area contributed by atoms with Gasteiger partial charge in [-0.3, -0.25) is 14.8 Å². The molecule has 1 amide bonds. The van der Waals surface area contributed by atoms with Crippen molar-refractivity contribution in [2.45, 2.75) is 6.92 Å². The van der Waals surface area contributed by atoms with Crippen LogP contribution in [0.3, 0.4) is 0 Å². The maximum absolute atomic E-state index is 12.4. The van der Waals surface area contributed by atoms with Crippen molar-refractivity contribution in [2.75, 3.05) is 5.06 Å². The van der Waals surface area contributed by atoms with Crippen LogP contribution in [0.4, 0.5) is 5.69 Å². The van der Waals surface area contributed by atoms with E-state index in [2.05, 4.69) is 0 Å². The highest BCUT2D eigenvalue weighted by molar-refractivity contribution is 6.13. The number of ketones is 1. The van der Waals surface area contributed by atoms with Crippen molar-refractivity contribution in [1.82, 2.24) is 0 Å². The van der Waals surface area contributed by atoms with E-state index in [1.54, 1.807) is 12.1 Å². The number of amides is 1. The Bertz CT molecular complexity index is 754. The molecule has 0 bridgehead atoms. The predicted octanol–water partition coefficient (Wildman–Crippen LogP) is 2.62. The highest BCUT2D eigenvalue weighted by atomic mass is 16.5. The molecule has 0 unspecified atom stereocenters. The molecule has 0 aliphatic heterocycles. The number of hydroxylamine groups is 1. The number of anilines is 1. The minimum absolute atomic E-state index is 0.00214. The lowest BCUT2D eigenvalue weighted by Crippen LogP contribution is -2.29. The van der Waals surface area contributed by atoms with Crippen LogP contribution >= 0.6 is 0 Å². The van der Waals surface area contributed by atoms with E-state index in [9.17, 15) is 19.6 Å². The molecule has 6 nitrogen and oxygen atoms in total. The molecule has 2 aromatic rings. The molecule has 22 heavy (non-hydrogen) atoms. The molecule has 0 saturated carbocycles. The maximum atomic E-state index is 12.4. The molecule has 0 aromatic heterocycles. The normalized spacial score (nSPS) is 10.1. The van der Waals surface area contributed by atoms with E-state index in [1.165, 1.54) is 43.3 Å². The van der Waals surface area contributed by atoms with Crippen LogP contribution in [0.15, 0.2) is 48.5 Å². The molecule has 6 heteroatoms. The van der Waals surface area contributed by atoms with Crippen molar-refractivity contribution in [2.24, 2.45) is 0 Å². The number of benzene rings is 2. The molecule has 2 aromatic carbocycles. The number of aromatic carboxylic acids is 1. The fourth-order valence-electron chi connectivity index (χ4n) is 2.04. The van der Waals surface area contributed by atoms with E-state index in [4.69, 9.17) is 5.11 Å². The average molecular weight is 299 g/mol. The molecule has 2 rings (SSSR count). The Balaban J connectivity index is 2.47. The van der Waals surface area contributed by atoms with Crippen molar-refractivity contribution in [3.63, 3.8) is 0 Å². The van der Waals surface area contributed by atoms with Gasteiger partial charge in [0.15, 0.2) is 5.78 Å².